The van der Waals surface area contributed by atoms with E-state index in [1.807, 2.05) is 19.9 Å². The van der Waals surface area contributed by atoms with Crippen LogP contribution in [0, 0.1) is 12.3 Å². The first-order valence-corrected chi connectivity index (χ1v) is 11.4. The minimum absolute atomic E-state index is 0.0193. The Hall–Kier alpha value is -0.603. The molecular weight excluding hydrogens is 304 g/mol. The van der Waals surface area contributed by atoms with Crippen LogP contribution >= 0.6 is 0 Å². The van der Waals surface area contributed by atoms with E-state index in [1.54, 1.807) is 0 Å². The molecule has 0 aromatic heterocycles. The van der Waals surface area contributed by atoms with Crippen LogP contribution in [0.4, 0.5) is 0 Å². The topological polar surface area (TPSA) is 27.7 Å². The molecule has 1 aliphatic heterocycles. The van der Waals surface area contributed by atoms with Crippen molar-refractivity contribution in [1.82, 2.24) is 0 Å². The van der Waals surface area contributed by atoms with Crippen LogP contribution in [0.5, 0.6) is 0 Å². The minimum atomic E-state index is -1.82. The first-order chi connectivity index (χ1) is 10.4. The second kappa shape index (κ2) is 7.52. The van der Waals surface area contributed by atoms with Gasteiger partial charge in [0.2, 0.25) is 0 Å². The van der Waals surface area contributed by atoms with E-state index in [0.717, 1.165) is 12.8 Å². The number of hydrogen-bond acceptors (Lipinski definition) is 3. The van der Waals surface area contributed by atoms with Gasteiger partial charge in [-0.05, 0) is 44.8 Å². The monoisotopic (exact) mass is 338 g/mol. The second-order valence-corrected chi connectivity index (χ2v) is 13.1. The van der Waals surface area contributed by atoms with Crippen molar-refractivity contribution < 1.29 is 13.9 Å². The fraction of sp³-hybridized carbons (Fsp3) is 0.789. The van der Waals surface area contributed by atoms with Gasteiger partial charge in [0.05, 0.1) is 12.2 Å². The van der Waals surface area contributed by atoms with Crippen LogP contribution in [0.25, 0.3) is 0 Å². The summed E-state index contributed by atoms with van der Waals surface area (Å²) in [4.78, 5) is 0. The van der Waals surface area contributed by atoms with Gasteiger partial charge in [0.25, 0.3) is 0 Å². The lowest BCUT2D eigenvalue weighted by Crippen LogP contribution is -2.44. The number of ether oxygens (including phenoxy) is 2. The largest absolute Gasteiger partial charge is 0.413 e. The maximum Gasteiger partial charge on any atom is 0.192 e. The maximum absolute atomic E-state index is 6.50. The van der Waals surface area contributed by atoms with Crippen LogP contribution in [-0.4, -0.2) is 32.4 Å². The van der Waals surface area contributed by atoms with Crippen LogP contribution in [-0.2, 0) is 13.9 Å². The summed E-state index contributed by atoms with van der Waals surface area (Å²) in [5, 5.41) is 0.179. The van der Waals surface area contributed by atoms with Crippen LogP contribution < -0.4 is 0 Å². The van der Waals surface area contributed by atoms with Crippen molar-refractivity contribution in [2.75, 3.05) is 0 Å². The highest BCUT2D eigenvalue weighted by Crippen LogP contribution is 2.38. The van der Waals surface area contributed by atoms with Gasteiger partial charge < -0.3 is 13.9 Å². The average molecular weight is 339 g/mol. The van der Waals surface area contributed by atoms with Crippen molar-refractivity contribution in [3.63, 3.8) is 0 Å². The Morgan fingerprint density at radius 1 is 1.35 bits per heavy atom. The van der Waals surface area contributed by atoms with E-state index in [-0.39, 0.29) is 23.4 Å². The third-order valence-electron chi connectivity index (χ3n) is 4.84. The fourth-order valence-corrected chi connectivity index (χ4v) is 3.95. The molecule has 0 aromatic rings. The zero-order valence-electron chi connectivity index (χ0n) is 15.9. The lowest BCUT2D eigenvalue weighted by atomic mass is 10.0. The van der Waals surface area contributed by atoms with Crippen molar-refractivity contribution in [1.29, 1.82) is 0 Å². The molecule has 4 heteroatoms. The third-order valence-corrected chi connectivity index (χ3v) is 9.37. The molecule has 1 aliphatic rings. The molecule has 0 aliphatic carbocycles. The molecule has 0 aromatic carbocycles. The average Bonchev–Trinajstić information content (AvgIpc) is 2.69. The maximum atomic E-state index is 6.50. The Morgan fingerprint density at radius 2 is 1.96 bits per heavy atom. The molecule has 0 radical (unpaired) electrons. The predicted octanol–water partition coefficient (Wildman–Crippen LogP) is 4.89. The Kier molecular flexibility index (Phi) is 6.69. The number of hydrogen-bond donors (Lipinski definition) is 0. The Labute approximate surface area is 143 Å². The van der Waals surface area contributed by atoms with E-state index < -0.39 is 14.1 Å². The van der Waals surface area contributed by atoms with E-state index in [1.165, 1.54) is 0 Å². The van der Waals surface area contributed by atoms with Crippen molar-refractivity contribution in [2.24, 2.45) is 0 Å². The molecule has 23 heavy (non-hydrogen) atoms. The molecule has 0 saturated carbocycles. The van der Waals surface area contributed by atoms with E-state index in [9.17, 15) is 0 Å². The fourth-order valence-electron chi connectivity index (χ4n) is 2.56. The van der Waals surface area contributed by atoms with Gasteiger partial charge in [0.1, 0.15) is 6.10 Å². The van der Waals surface area contributed by atoms with Crippen LogP contribution in [0.3, 0.4) is 0 Å². The third kappa shape index (κ3) is 5.76. The lowest BCUT2D eigenvalue weighted by molar-refractivity contribution is -0.143. The molecule has 0 N–H and O–H groups in total. The standard InChI is InChI=1S/C19H34O3Si/c1-10-12-15(22-23(8,9)18(3,4)5)13-14-17-16(11-2)20-19(6,7)21-17/h1,11,15-17H,2,12-14H2,3-9H3/t15?,16-,17+/m1/s1. The summed E-state index contributed by atoms with van der Waals surface area (Å²) in [5.41, 5.74) is 0. The molecule has 3 atom stereocenters. The highest BCUT2D eigenvalue weighted by Gasteiger charge is 2.41. The second-order valence-electron chi connectivity index (χ2n) is 8.36. The van der Waals surface area contributed by atoms with Crippen LogP contribution in [0.2, 0.25) is 18.1 Å². The van der Waals surface area contributed by atoms with Gasteiger partial charge in [-0.2, -0.15) is 0 Å². The van der Waals surface area contributed by atoms with E-state index in [0.29, 0.717) is 6.42 Å². The summed E-state index contributed by atoms with van der Waals surface area (Å²) in [6.45, 7) is 19.0. The number of rotatable bonds is 7. The quantitative estimate of drug-likeness (QED) is 0.376. The van der Waals surface area contributed by atoms with Gasteiger partial charge in [0.15, 0.2) is 14.1 Å². The smallest absolute Gasteiger partial charge is 0.192 e. The van der Waals surface area contributed by atoms with Gasteiger partial charge in [-0.25, -0.2) is 0 Å². The molecule has 3 nitrogen and oxygen atoms in total. The number of terminal acetylenes is 1. The van der Waals surface area contributed by atoms with Gasteiger partial charge in [-0.15, -0.1) is 18.9 Å². The van der Waals surface area contributed by atoms with Gasteiger partial charge >= 0.3 is 0 Å². The zero-order chi connectivity index (χ0) is 17.9. The summed E-state index contributed by atoms with van der Waals surface area (Å²) in [5.74, 6) is 2.21. The molecule has 0 spiro atoms. The molecule has 1 fully saturated rings. The Morgan fingerprint density at radius 3 is 2.43 bits per heavy atom. The first-order valence-electron chi connectivity index (χ1n) is 8.51. The molecule has 132 valence electrons. The van der Waals surface area contributed by atoms with Gasteiger partial charge in [-0.3, -0.25) is 0 Å². The molecule has 1 rings (SSSR count). The molecule has 0 amide bonds. The summed E-state index contributed by atoms with van der Waals surface area (Å²) in [6, 6.07) is 0. The molecule has 1 unspecified atom stereocenters. The highest BCUT2D eigenvalue weighted by molar-refractivity contribution is 6.74. The predicted molar refractivity (Wildman–Crippen MR) is 98.8 cm³/mol. The van der Waals surface area contributed by atoms with E-state index in [4.69, 9.17) is 20.3 Å². The normalized spacial score (nSPS) is 25.8. The zero-order valence-corrected chi connectivity index (χ0v) is 16.9. The lowest BCUT2D eigenvalue weighted by Gasteiger charge is -2.39. The summed E-state index contributed by atoms with van der Waals surface area (Å²) in [7, 11) is -1.82. The van der Waals surface area contributed by atoms with Crippen LogP contribution in [0.15, 0.2) is 12.7 Å². The highest BCUT2D eigenvalue weighted by atomic mass is 28.4. The van der Waals surface area contributed by atoms with Crippen molar-refractivity contribution >= 4 is 8.32 Å². The van der Waals surface area contributed by atoms with Crippen molar-refractivity contribution in [2.45, 2.75) is 96.1 Å². The molecule has 0 bridgehead atoms. The minimum Gasteiger partial charge on any atom is -0.413 e. The summed E-state index contributed by atoms with van der Waals surface area (Å²) < 4.78 is 18.3. The summed E-state index contributed by atoms with van der Waals surface area (Å²) in [6.07, 6.45) is 9.79. The van der Waals surface area contributed by atoms with Gasteiger partial charge in [0, 0.05) is 6.42 Å². The Bertz CT molecular complexity index is 443. The molecule has 1 saturated heterocycles. The van der Waals surface area contributed by atoms with E-state index in [2.05, 4.69) is 46.4 Å². The molecule has 1 heterocycles. The van der Waals surface area contributed by atoms with Crippen molar-refractivity contribution in [3.8, 4) is 12.3 Å². The van der Waals surface area contributed by atoms with E-state index >= 15 is 0 Å². The van der Waals surface area contributed by atoms with Gasteiger partial charge in [-0.1, -0.05) is 26.8 Å². The van der Waals surface area contributed by atoms with Crippen LogP contribution in [0.1, 0.15) is 53.9 Å². The Balaban J connectivity index is 2.67. The van der Waals surface area contributed by atoms with Crippen molar-refractivity contribution in [3.05, 3.63) is 12.7 Å². The first kappa shape index (κ1) is 20.4. The summed E-state index contributed by atoms with van der Waals surface area (Å²) >= 11 is 0. The molecular formula is C19H34O3Si. The SMILES string of the molecule is C#CCC(CC[C@@H]1OC(C)(C)O[C@@H]1C=C)O[Si](C)(C)C(C)(C)C.